The Labute approximate surface area is 106 Å². The lowest BCUT2D eigenvalue weighted by Crippen LogP contribution is -2.10. The number of pyridine rings is 1. The molecule has 1 aromatic carbocycles. The van der Waals surface area contributed by atoms with Gasteiger partial charge in [-0.25, -0.2) is 0 Å². The van der Waals surface area contributed by atoms with Crippen molar-refractivity contribution in [2.45, 2.75) is 26.2 Å². The van der Waals surface area contributed by atoms with Crippen LogP contribution in [0.3, 0.4) is 0 Å². The molecule has 3 heteroatoms. The van der Waals surface area contributed by atoms with Crippen molar-refractivity contribution < 1.29 is 0 Å². The van der Waals surface area contributed by atoms with Crippen molar-refractivity contribution in [3.8, 4) is 6.07 Å². The molecule has 0 fully saturated rings. The molecule has 86 valence electrons. The van der Waals surface area contributed by atoms with Gasteiger partial charge >= 0.3 is 0 Å². The molecule has 0 amide bonds. The smallest absolute Gasteiger partial charge is 0.102 e. The van der Waals surface area contributed by atoms with Crippen molar-refractivity contribution in [3.63, 3.8) is 0 Å². The van der Waals surface area contributed by atoms with E-state index in [1.54, 1.807) is 0 Å². The summed E-state index contributed by atoms with van der Waals surface area (Å²) in [5.41, 5.74) is 2.48. The van der Waals surface area contributed by atoms with Gasteiger partial charge in [0.05, 0.1) is 16.1 Å². The monoisotopic (exact) mass is 244 g/mol. The highest BCUT2D eigenvalue weighted by molar-refractivity contribution is 6.36. The summed E-state index contributed by atoms with van der Waals surface area (Å²) in [6.45, 7) is 6.43. The van der Waals surface area contributed by atoms with Gasteiger partial charge < -0.3 is 0 Å². The predicted molar refractivity (Wildman–Crippen MR) is 70.2 cm³/mol. The summed E-state index contributed by atoms with van der Waals surface area (Å²) >= 11 is 6.20. The highest BCUT2D eigenvalue weighted by Gasteiger charge is 2.15. The maximum absolute atomic E-state index is 8.93. The maximum atomic E-state index is 8.93. The predicted octanol–water partition coefficient (Wildman–Crippen LogP) is 4.06. The third kappa shape index (κ3) is 2.11. The zero-order valence-electron chi connectivity index (χ0n) is 10.1. The van der Waals surface area contributed by atoms with Gasteiger partial charge in [-0.15, -0.1) is 0 Å². The minimum atomic E-state index is 0.0557. The van der Waals surface area contributed by atoms with E-state index in [2.05, 4.69) is 37.9 Å². The lowest BCUT2D eigenvalue weighted by molar-refractivity contribution is 0.591. The van der Waals surface area contributed by atoms with Crippen LogP contribution in [0.1, 0.15) is 31.9 Å². The van der Waals surface area contributed by atoms with Crippen molar-refractivity contribution in [1.29, 1.82) is 5.26 Å². The largest absolute Gasteiger partial charge is 0.255 e. The van der Waals surface area contributed by atoms with Gasteiger partial charge in [-0.2, -0.15) is 5.26 Å². The molecule has 0 aliphatic heterocycles. The van der Waals surface area contributed by atoms with E-state index < -0.39 is 0 Å². The van der Waals surface area contributed by atoms with E-state index in [0.29, 0.717) is 10.6 Å². The first-order chi connectivity index (χ1) is 7.93. The summed E-state index contributed by atoms with van der Waals surface area (Å²) in [4.78, 5) is 4.23. The van der Waals surface area contributed by atoms with E-state index in [1.165, 1.54) is 11.8 Å². The maximum Gasteiger partial charge on any atom is 0.102 e. The topological polar surface area (TPSA) is 36.7 Å². The first-order valence-electron chi connectivity index (χ1n) is 5.42. The minimum Gasteiger partial charge on any atom is -0.255 e. The van der Waals surface area contributed by atoms with Crippen LogP contribution in [0, 0.1) is 11.3 Å². The van der Waals surface area contributed by atoms with Gasteiger partial charge in [0.15, 0.2) is 0 Å². The van der Waals surface area contributed by atoms with E-state index in [-0.39, 0.29) is 5.41 Å². The SMILES string of the molecule is CC(C)(C)c1ccc2ncc(C#N)c(Cl)c2c1. The molecule has 0 bridgehead atoms. The number of aromatic nitrogens is 1. The summed E-state index contributed by atoms with van der Waals surface area (Å²) in [6, 6.07) is 8.07. The molecule has 0 N–H and O–H groups in total. The molecule has 2 aromatic rings. The zero-order valence-corrected chi connectivity index (χ0v) is 10.8. The summed E-state index contributed by atoms with van der Waals surface area (Å²) in [6.07, 6.45) is 1.52. The second-order valence-corrected chi connectivity index (χ2v) is 5.46. The first kappa shape index (κ1) is 11.9. The molecule has 0 radical (unpaired) electrons. The van der Waals surface area contributed by atoms with Crippen molar-refractivity contribution in [3.05, 3.63) is 40.5 Å². The fourth-order valence-electron chi connectivity index (χ4n) is 1.70. The number of nitriles is 1. The molecule has 0 aliphatic carbocycles. The summed E-state index contributed by atoms with van der Waals surface area (Å²) in [7, 11) is 0. The average Bonchev–Trinajstić information content (AvgIpc) is 2.28. The molecule has 2 nitrogen and oxygen atoms in total. The Morgan fingerprint density at radius 1 is 1.29 bits per heavy atom. The lowest BCUT2D eigenvalue weighted by Gasteiger charge is -2.19. The van der Waals surface area contributed by atoms with Crippen LogP contribution in [0.15, 0.2) is 24.4 Å². The Morgan fingerprint density at radius 3 is 2.59 bits per heavy atom. The summed E-state index contributed by atoms with van der Waals surface area (Å²) < 4.78 is 0. The number of halogens is 1. The number of fused-ring (bicyclic) bond motifs is 1. The van der Waals surface area contributed by atoms with Crippen LogP contribution < -0.4 is 0 Å². The highest BCUT2D eigenvalue weighted by Crippen LogP contribution is 2.30. The quantitative estimate of drug-likeness (QED) is 0.701. The van der Waals surface area contributed by atoms with Crippen molar-refractivity contribution in [2.24, 2.45) is 0 Å². The van der Waals surface area contributed by atoms with Crippen molar-refractivity contribution in [1.82, 2.24) is 4.98 Å². The fourth-order valence-corrected chi connectivity index (χ4v) is 1.95. The third-order valence-electron chi connectivity index (χ3n) is 2.79. The number of rotatable bonds is 0. The van der Waals surface area contributed by atoms with Gasteiger partial charge in [-0.05, 0) is 23.1 Å². The van der Waals surface area contributed by atoms with Gasteiger partial charge in [0, 0.05) is 11.6 Å². The molecular weight excluding hydrogens is 232 g/mol. The van der Waals surface area contributed by atoms with Gasteiger partial charge in [0.2, 0.25) is 0 Å². The standard InChI is InChI=1S/C14H13ClN2/c1-14(2,3)10-4-5-12-11(6-10)13(15)9(7-16)8-17-12/h4-6,8H,1-3H3. The molecule has 1 aromatic heterocycles. The summed E-state index contributed by atoms with van der Waals surface area (Å²) in [5.74, 6) is 0. The van der Waals surface area contributed by atoms with Crippen LogP contribution in [-0.2, 0) is 5.41 Å². The van der Waals surface area contributed by atoms with Crippen molar-refractivity contribution >= 4 is 22.5 Å². The second-order valence-electron chi connectivity index (χ2n) is 5.08. The van der Waals surface area contributed by atoms with E-state index in [9.17, 15) is 0 Å². The fraction of sp³-hybridized carbons (Fsp3) is 0.286. The average molecular weight is 245 g/mol. The van der Waals surface area contributed by atoms with Crippen LogP contribution in [0.5, 0.6) is 0 Å². The van der Waals surface area contributed by atoms with Crippen LogP contribution in [0.4, 0.5) is 0 Å². The molecule has 0 atom stereocenters. The van der Waals surface area contributed by atoms with Crippen LogP contribution >= 0.6 is 11.6 Å². The number of hydrogen-bond acceptors (Lipinski definition) is 2. The molecule has 0 saturated carbocycles. The normalized spacial score (nSPS) is 11.5. The Balaban J connectivity index is 2.76. The van der Waals surface area contributed by atoms with Crippen LogP contribution in [0.25, 0.3) is 10.9 Å². The Kier molecular flexibility index (Phi) is 2.81. The third-order valence-corrected chi connectivity index (χ3v) is 3.20. The van der Waals surface area contributed by atoms with Gasteiger partial charge in [-0.1, -0.05) is 38.4 Å². The summed E-state index contributed by atoms with van der Waals surface area (Å²) in [5, 5.41) is 10.3. The van der Waals surface area contributed by atoms with E-state index >= 15 is 0 Å². The molecule has 0 aliphatic rings. The van der Waals surface area contributed by atoms with Crippen molar-refractivity contribution in [2.75, 3.05) is 0 Å². The lowest BCUT2D eigenvalue weighted by atomic mass is 9.86. The van der Waals surface area contributed by atoms with E-state index in [0.717, 1.165) is 10.9 Å². The van der Waals surface area contributed by atoms with Gasteiger partial charge in [-0.3, -0.25) is 4.98 Å². The van der Waals surface area contributed by atoms with Gasteiger partial charge in [0.1, 0.15) is 6.07 Å². The van der Waals surface area contributed by atoms with Gasteiger partial charge in [0.25, 0.3) is 0 Å². The Morgan fingerprint density at radius 2 is 2.00 bits per heavy atom. The Hall–Kier alpha value is -1.59. The molecule has 2 rings (SSSR count). The molecule has 1 heterocycles. The van der Waals surface area contributed by atoms with Crippen LogP contribution in [-0.4, -0.2) is 4.98 Å². The van der Waals surface area contributed by atoms with E-state index in [4.69, 9.17) is 16.9 Å². The van der Waals surface area contributed by atoms with E-state index in [1.807, 2.05) is 12.1 Å². The molecule has 0 unspecified atom stereocenters. The number of nitrogens with zero attached hydrogens (tertiary/aromatic N) is 2. The second kappa shape index (κ2) is 4.01. The molecule has 17 heavy (non-hydrogen) atoms. The minimum absolute atomic E-state index is 0.0557. The number of hydrogen-bond donors (Lipinski definition) is 0. The molecule has 0 saturated heterocycles. The first-order valence-corrected chi connectivity index (χ1v) is 5.80. The zero-order chi connectivity index (χ0) is 12.6. The Bertz CT molecular complexity index is 618. The molecular formula is C14H13ClN2. The highest BCUT2D eigenvalue weighted by atomic mass is 35.5. The molecule has 0 spiro atoms. The van der Waals surface area contributed by atoms with Crippen LogP contribution in [0.2, 0.25) is 5.02 Å². The number of benzene rings is 1.